The molecule has 1 saturated heterocycles. The van der Waals surface area contributed by atoms with Crippen LogP contribution in [0.4, 0.5) is 18.0 Å². The van der Waals surface area contributed by atoms with Gasteiger partial charge in [0.2, 0.25) is 0 Å². The number of nitrogens with zero attached hydrogens (tertiary/aromatic N) is 1. The molecule has 0 saturated carbocycles. The Balaban J connectivity index is 1.67. The van der Waals surface area contributed by atoms with Crippen LogP contribution in [0.3, 0.4) is 0 Å². The molecule has 1 fully saturated rings. The van der Waals surface area contributed by atoms with E-state index in [-0.39, 0.29) is 6.03 Å². The highest BCUT2D eigenvalue weighted by Crippen LogP contribution is 2.30. The van der Waals surface area contributed by atoms with Crippen LogP contribution in [-0.4, -0.2) is 50.3 Å². The van der Waals surface area contributed by atoms with E-state index in [1.165, 1.54) is 6.07 Å². The number of rotatable bonds is 7. The van der Waals surface area contributed by atoms with Crippen molar-refractivity contribution in [3.05, 3.63) is 35.4 Å². The maximum Gasteiger partial charge on any atom is 0.416 e. The first-order valence-electron chi connectivity index (χ1n) is 8.88. The molecule has 26 heavy (non-hydrogen) atoms. The normalized spacial score (nSPS) is 16.9. The van der Waals surface area contributed by atoms with E-state index in [1.807, 2.05) is 0 Å². The summed E-state index contributed by atoms with van der Waals surface area (Å²) in [5.74, 6) is 0. The number of benzene rings is 1. The van der Waals surface area contributed by atoms with Gasteiger partial charge in [0.1, 0.15) is 0 Å². The number of unbranched alkanes of at least 4 members (excludes halogenated alkanes) is 1. The Morgan fingerprint density at radius 1 is 1.27 bits per heavy atom. The first-order valence-corrected chi connectivity index (χ1v) is 8.88. The minimum atomic E-state index is -4.39. The van der Waals surface area contributed by atoms with E-state index in [1.54, 1.807) is 13.0 Å². The van der Waals surface area contributed by atoms with Gasteiger partial charge in [-0.3, -0.25) is 4.90 Å². The lowest BCUT2D eigenvalue weighted by molar-refractivity contribution is -0.137. The third kappa shape index (κ3) is 6.84. The van der Waals surface area contributed by atoms with Crippen LogP contribution in [0.5, 0.6) is 0 Å². The number of carbonyl (C=O) groups is 1. The number of hydrogen-bond acceptors (Lipinski definition) is 3. The number of hydrogen-bond donors (Lipinski definition) is 2. The van der Waals surface area contributed by atoms with Crippen LogP contribution in [0.2, 0.25) is 0 Å². The first kappa shape index (κ1) is 20.5. The number of urea groups is 1. The van der Waals surface area contributed by atoms with E-state index in [0.29, 0.717) is 12.1 Å². The number of halogens is 3. The Morgan fingerprint density at radius 2 is 2.00 bits per heavy atom. The van der Waals surface area contributed by atoms with Crippen molar-refractivity contribution in [2.24, 2.45) is 0 Å². The second kappa shape index (κ2) is 9.78. The SMILES string of the molecule is CC(NC(=O)NCCCCN1CCOCC1)c1cccc(C(F)(F)F)c1. The fourth-order valence-electron chi connectivity index (χ4n) is 2.80. The summed E-state index contributed by atoms with van der Waals surface area (Å²) in [7, 11) is 0. The van der Waals surface area contributed by atoms with Crippen LogP contribution in [-0.2, 0) is 10.9 Å². The molecule has 146 valence electrons. The maximum absolute atomic E-state index is 12.8. The molecule has 1 unspecified atom stereocenters. The maximum atomic E-state index is 12.8. The van der Waals surface area contributed by atoms with Crippen LogP contribution in [0, 0.1) is 0 Å². The fourth-order valence-corrected chi connectivity index (χ4v) is 2.80. The van der Waals surface area contributed by atoms with Crippen LogP contribution >= 0.6 is 0 Å². The number of morpholine rings is 1. The van der Waals surface area contributed by atoms with Gasteiger partial charge in [0.25, 0.3) is 0 Å². The van der Waals surface area contributed by atoms with Gasteiger partial charge >= 0.3 is 12.2 Å². The van der Waals surface area contributed by atoms with E-state index < -0.39 is 17.8 Å². The number of alkyl halides is 3. The van der Waals surface area contributed by atoms with Crippen molar-refractivity contribution in [2.75, 3.05) is 39.4 Å². The van der Waals surface area contributed by atoms with E-state index in [4.69, 9.17) is 4.74 Å². The number of nitrogens with one attached hydrogen (secondary N) is 2. The molecule has 0 radical (unpaired) electrons. The Kier molecular flexibility index (Phi) is 7.71. The molecule has 1 heterocycles. The lowest BCUT2D eigenvalue weighted by atomic mass is 10.1. The van der Waals surface area contributed by atoms with Gasteiger partial charge in [-0.15, -0.1) is 0 Å². The fraction of sp³-hybridized carbons (Fsp3) is 0.611. The van der Waals surface area contributed by atoms with Crippen molar-refractivity contribution < 1.29 is 22.7 Å². The molecule has 0 aliphatic carbocycles. The molecule has 1 aliphatic rings. The smallest absolute Gasteiger partial charge is 0.379 e. The summed E-state index contributed by atoms with van der Waals surface area (Å²) in [6.45, 7) is 6.61. The summed E-state index contributed by atoms with van der Waals surface area (Å²) < 4.78 is 43.6. The quantitative estimate of drug-likeness (QED) is 0.722. The zero-order chi connectivity index (χ0) is 19.0. The molecule has 0 spiro atoms. The van der Waals surface area contributed by atoms with Crippen LogP contribution < -0.4 is 10.6 Å². The molecule has 1 atom stereocenters. The van der Waals surface area contributed by atoms with Crippen molar-refractivity contribution in [3.63, 3.8) is 0 Å². The van der Waals surface area contributed by atoms with Crippen molar-refractivity contribution >= 4 is 6.03 Å². The van der Waals surface area contributed by atoms with Gasteiger partial charge in [-0.05, 0) is 44.0 Å². The third-order valence-corrected chi connectivity index (χ3v) is 4.35. The number of ether oxygens (including phenoxy) is 1. The molecule has 0 aromatic heterocycles. The van der Waals surface area contributed by atoms with Gasteiger partial charge in [0.15, 0.2) is 0 Å². The molecule has 2 rings (SSSR count). The summed E-state index contributed by atoms with van der Waals surface area (Å²) in [6.07, 6.45) is -2.56. The van der Waals surface area contributed by atoms with E-state index >= 15 is 0 Å². The Morgan fingerprint density at radius 3 is 2.69 bits per heavy atom. The van der Waals surface area contributed by atoms with Crippen molar-refractivity contribution in [1.82, 2.24) is 15.5 Å². The predicted molar refractivity (Wildman–Crippen MR) is 92.9 cm³/mol. The Bertz CT molecular complexity index is 575. The minimum Gasteiger partial charge on any atom is -0.379 e. The van der Waals surface area contributed by atoms with Gasteiger partial charge < -0.3 is 15.4 Å². The highest BCUT2D eigenvalue weighted by atomic mass is 19.4. The van der Waals surface area contributed by atoms with Crippen LogP contribution in [0.25, 0.3) is 0 Å². The second-order valence-corrected chi connectivity index (χ2v) is 6.41. The zero-order valence-electron chi connectivity index (χ0n) is 14.9. The first-order chi connectivity index (χ1) is 12.4. The van der Waals surface area contributed by atoms with Crippen molar-refractivity contribution in [2.45, 2.75) is 32.0 Å². The molecule has 0 bridgehead atoms. The minimum absolute atomic E-state index is 0.374. The highest BCUT2D eigenvalue weighted by Gasteiger charge is 2.30. The van der Waals surface area contributed by atoms with Crippen LogP contribution in [0.15, 0.2) is 24.3 Å². The molecule has 2 amide bonds. The van der Waals surface area contributed by atoms with E-state index in [9.17, 15) is 18.0 Å². The summed E-state index contributed by atoms with van der Waals surface area (Å²) in [6, 6.07) is 4.12. The molecule has 1 aromatic rings. The average Bonchev–Trinajstić information content (AvgIpc) is 2.61. The molecule has 5 nitrogen and oxygen atoms in total. The average molecular weight is 373 g/mol. The molecular formula is C18H26F3N3O2. The molecule has 8 heteroatoms. The van der Waals surface area contributed by atoms with Gasteiger partial charge in [0, 0.05) is 19.6 Å². The van der Waals surface area contributed by atoms with Gasteiger partial charge in [-0.25, -0.2) is 4.79 Å². The Hall–Kier alpha value is -1.80. The third-order valence-electron chi connectivity index (χ3n) is 4.35. The zero-order valence-corrected chi connectivity index (χ0v) is 14.9. The predicted octanol–water partition coefficient (Wildman–Crippen LogP) is 3.18. The molecular weight excluding hydrogens is 347 g/mol. The number of carbonyl (C=O) groups excluding carboxylic acids is 1. The van der Waals surface area contributed by atoms with Crippen molar-refractivity contribution in [3.8, 4) is 0 Å². The van der Waals surface area contributed by atoms with Gasteiger partial charge in [-0.1, -0.05) is 12.1 Å². The summed E-state index contributed by atoms with van der Waals surface area (Å²) >= 11 is 0. The summed E-state index contributed by atoms with van der Waals surface area (Å²) in [5.41, 5.74) is -0.297. The Labute approximate surface area is 151 Å². The van der Waals surface area contributed by atoms with Gasteiger partial charge in [-0.2, -0.15) is 13.2 Å². The lowest BCUT2D eigenvalue weighted by Gasteiger charge is -2.26. The highest BCUT2D eigenvalue weighted by molar-refractivity contribution is 5.74. The van der Waals surface area contributed by atoms with E-state index in [2.05, 4.69) is 15.5 Å². The standard InChI is InChI=1S/C18H26F3N3O2/c1-14(15-5-4-6-16(13-15)18(19,20)21)23-17(25)22-7-2-3-8-24-9-11-26-12-10-24/h4-6,13-14H,2-3,7-12H2,1H3,(H2,22,23,25). The topological polar surface area (TPSA) is 53.6 Å². The lowest BCUT2D eigenvalue weighted by Crippen LogP contribution is -2.38. The van der Waals surface area contributed by atoms with Crippen molar-refractivity contribution in [1.29, 1.82) is 0 Å². The monoisotopic (exact) mass is 373 g/mol. The summed E-state index contributed by atoms with van der Waals surface area (Å²) in [4.78, 5) is 14.2. The molecule has 1 aromatic carbocycles. The molecule has 2 N–H and O–H groups in total. The largest absolute Gasteiger partial charge is 0.416 e. The number of amides is 2. The van der Waals surface area contributed by atoms with E-state index in [0.717, 1.165) is 57.8 Å². The van der Waals surface area contributed by atoms with Crippen LogP contribution in [0.1, 0.15) is 36.9 Å². The molecule has 1 aliphatic heterocycles. The summed E-state index contributed by atoms with van der Waals surface area (Å²) in [5, 5.41) is 5.42. The van der Waals surface area contributed by atoms with Gasteiger partial charge in [0.05, 0.1) is 24.8 Å². The second-order valence-electron chi connectivity index (χ2n) is 6.41.